The van der Waals surface area contributed by atoms with Crippen LogP contribution in [-0.4, -0.2) is 74.5 Å². The molecule has 3 aromatic rings. The number of fused-ring (bicyclic) bond motifs is 1. The minimum absolute atomic E-state index is 0.153. The highest BCUT2D eigenvalue weighted by Gasteiger charge is 2.31. The quantitative estimate of drug-likeness (QED) is 0.495. The van der Waals surface area contributed by atoms with Crippen molar-refractivity contribution in [2.45, 2.75) is 26.4 Å². The summed E-state index contributed by atoms with van der Waals surface area (Å²) in [5.74, 6) is -0.196. The van der Waals surface area contributed by atoms with Crippen molar-refractivity contribution in [3.8, 4) is 5.69 Å². The van der Waals surface area contributed by atoms with E-state index in [0.29, 0.717) is 37.8 Å². The molecular formula is C24H30N6O6. The maximum Gasteiger partial charge on any atom is 0.410 e. The van der Waals surface area contributed by atoms with E-state index in [4.69, 9.17) is 9.47 Å². The molecule has 0 radical (unpaired) electrons. The number of nitrogens with zero attached hydrogens (tertiary/aromatic N) is 6. The molecular weight excluding hydrogens is 468 g/mol. The van der Waals surface area contributed by atoms with Gasteiger partial charge in [0.25, 0.3) is 5.56 Å². The van der Waals surface area contributed by atoms with Crippen LogP contribution in [0.4, 0.5) is 10.7 Å². The Morgan fingerprint density at radius 2 is 1.61 bits per heavy atom. The maximum absolute atomic E-state index is 13.3. The summed E-state index contributed by atoms with van der Waals surface area (Å²) in [7, 11) is 4.22. The van der Waals surface area contributed by atoms with E-state index < -0.39 is 28.9 Å². The molecule has 1 aliphatic rings. The minimum Gasteiger partial charge on any atom is -0.465 e. The van der Waals surface area contributed by atoms with E-state index in [1.807, 2.05) is 25.7 Å². The third kappa shape index (κ3) is 4.34. The molecule has 4 rings (SSSR count). The molecule has 0 N–H and O–H groups in total. The highest BCUT2D eigenvalue weighted by molar-refractivity contribution is 5.95. The number of hydrogen-bond donors (Lipinski definition) is 0. The zero-order valence-corrected chi connectivity index (χ0v) is 21.3. The lowest BCUT2D eigenvalue weighted by Gasteiger charge is -2.36. The lowest BCUT2D eigenvalue weighted by Crippen LogP contribution is -2.50. The first-order valence-corrected chi connectivity index (χ1v) is 11.5. The lowest BCUT2D eigenvalue weighted by atomic mass is 10.1. The Morgan fingerprint density at radius 1 is 0.972 bits per heavy atom. The van der Waals surface area contributed by atoms with Crippen molar-refractivity contribution in [2.24, 2.45) is 14.1 Å². The van der Waals surface area contributed by atoms with Crippen LogP contribution in [0, 0.1) is 0 Å². The van der Waals surface area contributed by atoms with Crippen molar-refractivity contribution in [1.29, 1.82) is 0 Å². The van der Waals surface area contributed by atoms with Gasteiger partial charge in [-0.05, 0) is 32.9 Å². The summed E-state index contributed by atoms with van der Waals surface area (Å²) in [4.78, 5) is 59.3. The second kappa shape index (κ2) is 9.17. The molecule has 3 heterocycles. The Bertz CT molecular complexity index is 1450. The van der Waals surface area contributed by atoms with E-state index in [9.17, 15) is 19.2 Å². The van der Waals surface area contributed by atoms with Crippen molar-refractivity contribution >= 4 is 29.2 Å². The summed E-state index contributed by atoms with van der Waals surface area (Å²) >= 11 is 0. The highest BCUT2D eigenvalue weighted by Crippen LogP contribution is 2.28. The number of carbonyl (C=O) groups excluding carboxylic acids is 2. The third-order valence-electron chi connectivity index (χ3n) is 6.00. The first-order valence-electron chi connectivity index (χ1n) is 11.5. The smallest absolute Gasteiger partial charge is 0.410 e. The standard InChI is InChI=1S/C24H30N6O6/c1-24(2,3)36-23(34)29-13-11-28(12-14-29)21-25-18-17(19(31)27(5)22(33)26(18)4)30(21)16-10-8-7-9-15(16)20(32)35-6/h7-10H,11-14H2,1-6H3. The van der Waals surface area contributed by atoms with E-state index >= 15 is 0 Å². The number of anilines is 1. The van der Waals surface area contributed by atoms with Crippen LogP contribution in [0.1, 0.15) is 31.1 Å². The van der Waals surface area contributed by atoms with Gasteiger partial charge < -0.3 is 19.3 Å². The number of rotatable bonds is 3. The molecule has 1 saturated heterocycles. The number of benzene rings is 1. The Morgan fingerprint density at radius 3 is 2.22 bits per heavy atom. The van der Waals surface area contributed by atoms with Crippen molar-refractivity contribution in [1.82, 2.24) is 23.6 Å². The fourth-order valence-electron chi connectivity index (χ4n) is 4.19. The molecule has 192 valence electrons. The highest BCUT2D eigenvalue weighted by atomic mass is 16.6. The second-order valence-electron chi connectivity index (χ2n) is 9.59. The summed E-state index contributed by atoms with van der Waals surface area (Å²) in [6.07, 6.45) is -0.400. The van der Waals surface area contributed by atoms with Gasteiger partial charge >= 0.3 is 17.8 Å². The van der Waals surface area contributed by atoms with Gasteiger partial charge in [0.15, 0.2) is 11.2 Å². The van der Waals surface area contributed by atoms with Crippen LogP contribution < -0.4 is 16.1 Å². The predicted molar refractivity (Wildman–Crippen MR) is 133 cm³/mol. The first-order chi connectivity index (χ1) is 16.9. The Labute approximate surface area is 207 Å². The van der Waals surface area contributed by atoms with E-state index in [-0.39, 0.29) is 16.7 Å². The molecule has 0 bridgehead atoms. The molecule has 0 unspecified atom stereocenters. The largest absolute Gasteiger partial charge is 0.465 e. The van der Waals surface area contributed by atoms with Crippen LogP contribution in [0.25, 0.3) is 16.9 Å². The number of aromatic nitrogens is 4. The van der Waals surface area contributed by atoms with Crippen LogP contribution in [0.15, 0.2) is 33.9 Å². The number of ether oxygens (including phenoxy) is 2. The van der Waals surface area contributed by atoms with Crippen LogP contribution in [0.2, 0.25) is 0 Å². The second-order valence-corrected chi connectivity index (χ2v) is 9.59. The molecule has 12 heteroatoms. The Hall–Kier alpha value is -4.09. The molecule has 1 aromatic carbocycles. The van der Waals surface area contributed by atoms with E-state index in [1.54, 1.807) is 33.7 Å². The fourth-order valence-corrected chi connectivity index (χ4v) is 4.19. The van der Waals surface area contributed by atoms with E-state index in [0.717, 1.165) is 4.57 Å². The van der Waals surface area contributed by atoms with Crippen LogP contribution in [0.5, 0.6) is 0 Å². The van der Waals surface area contributed by atoms with Gasteiger partial charge in [-0.3, -0.25) is 18.5 Å². The minimum atomic E-state index is -0.607. The number of imidazole rings is 1. The molecule has 1 aliphatic heterocycles. The van der Waals surface area contributed by atoms with Gasteiger partial charge in [0.2, 0.25) is 5.95 Å². The number of esters is 1. The number of piperazine rings is 1. The van der Waals surface area contributed by atoms with Gasteiger partial charge in [-0.1, -0.05) is 12.1 Å². The summed E-state index contributed by atoms with van der Waals surface area (Å²) in [5.41, 5.74) is -0.688. The summed E-state index contributed by atoms with van der Waals surface area (Å²) in [5, 5.41) is 0. The molecule has 1 fully saturated rings. The Balaban J connectivity index is 1.86. The van der Waals surface area contributed by atoms with Gasteiger partial charge in [0.1, 0.15) is 5.60 Å². The zero-order chi connectivity index (χ0) is 26.4. The predicted octanol–water partition coefficient (Wildman–Crippen LogP) is 1.27. The maximum atomic E-state index is 13.3. The normalized spacial score (nSPS) is 14.3. The van der Waals surface area contributed by atoms with E-state index in [2.05, 4.69) is 4.98 Å². The van der Waals surface area contributed by atoms with Gasteiger partial charge in [-0.15, -0.1) is 0 Å². The number of methoxy groups -OCH3 is 1. The number of aryl methyl sites for hydroxylation is 1. The average molecular weight is 499 g/mol. The van der Waals surface area contributed by atoms with Gasteiger partial charge in [0, 0.05) is 40.3 Å². The molecule has 1 amide bonds. The van der Waals surface area contributed by atoms with Gasteiger partial charge in [-0.25, -0.2) is 14.4 Å². The average Bonchev–Trinajstić information content (AvgIpc) is 3.25. The van der Waals surface area contributed by atoms with Crippen LogP contribution in [0.3, 0.4) is 0 Å². The lowest BCUT2D eigenvalue weighted by molar-refractivity contribution is 0.0239. The first kappa shape index (κ1) is 25.0. The number of para-hydroxylation sites is 1. The van der Waals surface area contributed by atoms with Crippen molar-refractivity contribution in [3.05, 3.63) is 50.7 Å². The van der Waals surface area contributed by atoms with Gasteiger partial charge in [-0.2, -0.15) is 4.98 Å². The topological polar surface area (TPSA) is 121 Å². The molecule has 36 heavy (non-hydrogen) atoms. The molecule has 2 aromatic heterocycles. The number of amides is 1. The molecule has 0 atom stereocenters. The van der Waals surface area contributed by atoms with E-state index in [1.165, 1.54) is 25.8 Å². The molecule has 0 saturated carbocycles. The Kier molecular flexibility index (Phi) is 6.37. The summed E-state index contributed by atoms with van der Waals surface area (Å²) in [6, 6.07) is 6.73. The van der Waals surface area contributed by atoms with Gasteiger partial charge in [0.05, 0.1) is 18.4 Å². The fraction of sp³-hybridized carbons (Fsp3) is 0.458. The van der Waals surface area contributed by atoms with Crippen molar-refractivity contribution in [3.63, 3.8) is 0 Å². The zero-order valence-electron chi connectivity index (χ0n) is 21.3. The van der Waals surface area contributed by atoms with Crippen molar-refractivity contribution in [2.75, 3.05) is 38.2 Å². The number of hydrogen-bond acceptors (Lipinski definition) is 8. The van der Waals surface area contributed by atoms with Crippen LogP contribution >= 0.6 is 0 Å². The monoisotopic (exact) mass is 498 g/mol. The summed E-state index contributed by atoms with van der Waals surface area (Å²) in [6.45, 7) is 6.98. The molecule has 12 nitrogen and oxygen atoms in total. The van der Waals surface area contributed by atoms with Crippen molar-refractivity contribution < 1.29 is 19.1 Å². The van der Waals surface area contributed by atoms with Crippen LogP contribution in [-0.2, 0) is 23.6 Å². The third-order valence-corrected chi connectivity index (χ3v) is 6.00. The molecule has 0 aliphatic carbocycles. The molecule has 0 spiro atoms. The SMILES string of the molecule is COC(=O)c1ccccc1-n1c(N2CCN(C(=O)OC(C)(C)C)CC2)nc2c1c(=O)n(C)c(=O)n2C. The summed E-state index contributed by atoms with van der Waals surface area (Å²) < 4.78 is 14.3. The number of carbonyl (C=O) groups is 2.